The average Bonchev–Trinajstić information content (AvgIpc) is 2.32. The van der Waals surface area contributed by atoms with Crippen LogP contribution >= 0.6 is 7.82 Å². The molecule has 0 bridgehead atoms. The molecule has 5 heteroatoms. The van der Waals surface area contributed by atoms with Crippen LogP contribution in [0.15, 0.2) is 18.2 Å². The van der Waals surface area contributed by atoms with Crippen molar-refractivity contribution in [2.45, 2.75) is 34.3 Å². The Morgan fingerprint density at radius 2 is 1.61 bits per heavy atom. The molecule has 0 saturated heterocycles. The van der Waals surface area contributed by atoms with E-state index < -0.39 is 7.82 Å². The summed E-state index contributed by atoms with van der Waals surface area (Å²) in [5.74, 6) is 0. The normalized spacial score (nSPS) is 11.8. The third kappa shape index (κ3) is 4.54. The Kier molecular flexibility index (Phi) is 6.03. The van der Waals surface area contributed by atoms with Gasteiger partial charge in [-0.2, -0.15) is 0 Å². The molecule has 0 aromatic heterocycles. The topological polar surface area (TPSA) is 44.8 Å². The molecule has 102 valence electrons. The predicted molar refractivity (Wildman–Crippen MR) is 71.6 cm³/mol. The van der Waals surface area contributed by atoms with E-state index in [0.29, 0.717) is 13.2 Å². The van der Waals surface area contributed by atoms with Gasteiger partial charge in [-0.25, -0.2) is 4.57 Å². The minimum atomic E-state index is -3.41. The molecule has 0 amide bonds. The summed E-state index contributed by atoms with van der Waals surface area (Å²) in [5.41, 5.74) is 3.35. The first-order valence-corrected chi connectivity index (χ1v) is 7.56. The van der Waals surface area contributed by atoms with Crippen molar-refractivity contribution in [2.75, 3.05) is 13.2 Å². The summed E-state index contributed by atoms with van der Waals surface area (Å²) >= 11 is 0. The van der Waals surface area contributed by atoms with Gasteiger partial charge in [0.2, 0.25) is 0 Å². The van der Waals surface area contributed by atoms with Crippen molar-refractivity contribution in [3.63, 3.8) is 0 Å². The lowest BCUT2D eigenvalue weighted by Gasteiger charge is -2.16. The molecular weight excluding hydrogens is 251 g/mol. The Balaban J connectivity index is 2.66. The zero-order chi connectivity index (χ0) is 13.6. The molecule has 0 fully saturated rings. The zero-order valence-corrected chi connectivity index (χ0v) is 12.3. The predicted octanol–water partition coefficient (Wildman–Crippen LogP) is 4.00. The van der Waals surface area contributed by atoms with Crippen molar-refractivity contribution in [1.82, 2.24) is 0 Å². The van der Waals surface area contributed by atoms with Crippen LogP contribution in [0.4, 0.5) is 0 Å². The Bertz CT molecular complexity index is 421. The number of rotatable bonds is 7. The Hall–Kier alpha value is -0.670. The molecule has 1 rings (SSSR count). The van der Waals surface area contributed by atoms with Crippen LogP contribution < -0.4 is 0 Å². The van der Waals surface area contributed by atoms with Gasteiger partial charge in [-0.1, -0.05) is 18.2 Å². The van der Waals surface area contributed by atoms with Crippen molar-refractivity contribution < 1.29 is 18.1 Å². The molecule has 0 aliphatic carbocycles. The lowest BCUT2D eigenvalue weighted by molar-refractivity contribution is 0.116. The molecule has 0 heterocycles. The van der Waals surface area contributed by atoms with Crippen LogP contribution in [0, 0.1) is 13.8 Å². The molecule has 0 unspecified atom stereocenters. The SMILES string of the molecule is CCOP(=O)(OCC)OCc1ccc(C)c(C)c1. The first kappa shape index (κ1) is 15.4. The van der Waals surface area contributed by atoms with Crippen LogP contribution in [-0.2, 0) is 24.7 Å². The second-order valence-electron chi connectivity index (χ2n) is 3.97. The molecule has 0 saturated carbocycles. The van der Waals surface area contributed by atoms with E-state index in [0.717, 1.165) is 5.56 Å². The van der Waals surface area contributed by atoms with Gasteiger partial charge in [-0.15, -0.1) is 0 Å². The van der Waals surface area contributed by atoms with Gasteiger partial charge in [-0.05, 0) is 44.4 Å². The van der Waals surface area contributed by atoms with Gasteiger partial charge in [0.05, 0.1) is 19.8 Å². The number of phosphoric acid groups is 1. The fourth-order valence-corrected chi connectivity index (χ4v) is 2.64. The monoisotopic (exact) mass is 272 g/mol. The summed E-state index contributed by atoms with van der Waals surface area (Å²) in [6.07, 6.45) is 0. The lowest BCUT2D eigenvalue weighted by atomic mass is 10.1. The summed E-state index contributed by atoms with van der Waals surface area (Å²) in [7, 11) is -3.41. The Morgan fingerprint density at radius 3 is 2.11 bits per heavy atom. The van der Waals surface area contributed by atoms with E-state index in [-0.39, 0.29) is 6.61 Å². The molecular formula is C13H21O4P. The van der Waals surface area contributed by atoms with Gasteiger partial charge in [-0.3, -0.25) is 13.6 Å². The van der Waals surface area contributed by atoms with Gasteiger partial charge in [0.1, 0.15) is 0 Å². The molecule has 0 spiro atoms. The third-order valence-electron chi connectivity index (χ3n) is 2.54. The third-order valence-corrected chi connectivity index (χ3v) is 4.13. The molecule has 4 nitrogen and oxygen atoms in total. The van der Waals surface area contributed by atoms with Gasteiger partial charge in [0.15, 0.2) is 0 Å². The van der Waals surface area contributed by atoms with E-state index in [1.54, 1.807) is 13.8 Å². The van der Waals surface area contributed by atoms with E-state index in [4.69, 9.17) is 13.6 Å². The molecule has 0 aliphatic rings. The van der Waals surface area contributed by atoms with Crippen LogP contribution in [0.1, 0.15) is 30.5 Å². The minimum absolute atomic E-state index is 0.221. The van der Waals surface area contributed by atoms with E-state index in [1.807, 2.05) is 32.0 Å². The van der Waals surface area contributed by atoms with Crippen molar-refractivity contribution in [2.24, 2.45) is 0 Å². The summed E-state index contributed by atoms with van der Waals surface area (Å²) < 4.78 is 27.5. The molecule has 0 N–H and O–H groups in total. The maximum absolute atomic E-state index is 12.1. The van der Waals surface area contributed by atoms with Gasteiger partial charge in [0.25, 0.3) is 0 Å². The summed E-state index contributed by atoms with van der Waals surface area (Å²) in [5, 5.41) is 0. The molecule has 1 aromatic rings. The number of phosphoric ester groups is 1. The molecule has 1 aromatic carbocycles. The second-order valence-corrected chi connectivity index (χ2v) is 5.64. The first-order chi connectivity index (χ1) is 8.50. The van der Waals surface area contributed by atoms with Gasteiger partial charge < -0.3 is 0 Å². The highest BCUT2D eigenvalue weighted by Gasteiger charge is 2.25. The maximum atomic E-state index is 12.1. The molecule has 0 aliphatic heterocycles. The highest BCUT2D eigenvalue weighted by molar-refractivity contribution is 7.48. The van der Waals surface area contributed by atoms with Crippen LogP contribution in [0.2, 0.25) is 0 Å². The summed E-state index contributed by atoms with van der Waals surface area (Å²) in [6, 6.07) is 5.97. The number of benzene rings is 1. The number of hydrogen-bond acceptors (Lipinski definition) is 4. The standard InChI is InChI=1S/C13H21O4P/c1-5-15-18(14,16-6-2)17-10-13-8-7-11(3)12(4)9-13/h7-9H,5-6,10H2,1-4H3. The average molecular weight is 272 g/mol. The largest absolute Gasteiger partial charge is 0.475 e. The fourth-order valence-electron chi connectivity index (χ4n) is 1.47. The Labute approximate surface area is 109 Å². The fraction of sp³-hybridized carbons (Fsp3) is 0.538. The van der Waals surface area contributed by atoms with Crippen LogP contribution in [0.5, 0.6) is 0 Å². The maximum Gasteiger partial charge on any atom is 0.475 e. The smallest absolute Gasteiger partial charge is 0.287 e. The summed E-state index contributed by atoms with van der Waals surface area (Å²) in [6.45, 7) is 8.40. The second kappa shape index (κ2) is 7.05. The van der Waals surface area contributed by atoms with Crippen molar-refractivity contribution in [1.29, 1.82) is 0 Å². The van der Waals surface area contributed by atoms with E-state index >= 15 is 0 Å². The van der Waals surface area contributed by atoms with E-state index in [2.05, 4.69) is 0 Å². The van der Waals surface area contributed by atoms with Gasteiger partial charge >= 0.3 is 7.82 Å². The highest BCUT2D eigenvalue weighted by Crippen LogP contribution is 2.49. The van der Waals surface area contributed by atoms with Crippen LogP contribution in [-0.4, -0.2) is 13.2 Å². The van der Waals surface area contributed by atoms with Crippen LogP contribution in [0.25, 0.3) is 0 Å². The Morgan fingerprint density at radius 1 is 1.00 bits per heavy atom. The molecule has 0 atom stereocenters. The number of hydrogen-bond donors (Lipinski definition) is 0. The van der Waals surface area contributed by atoms with Crippen molar-refractivity contribution >= 4 is 7.82 Å². The van der Waals surface area contributed by atoms with Gasteiger partial charge in [0, 0.05) is 0 Å². The van der Waals surface area contributed by atoms with E-state index in [1.165, 1.54) is 11.1 Å². The first-order valence-electron chi connectivity index (χ1n) is 6.10. The lowest BCUT2D eigenvalue weighted by Crippen LogP contribution is -2.00. The quantitative estimate of drug-likeness (QED) is 0.704. The van der Waals surface area contributed by atoms with E-state index in [9.17, 15) is 4.57 Å². The highest BCUT2D eigenvalue weighted by atomic mass is 31.2. The van der Waals surface area contributed by atoms with Crippen molar-refractivity contribution in [3.05, 3.63) is 34.9 Å². The summed E-state index contributed by atoms with van der Waals surface area (Å²) in [4.78, 5) is 0. The zero-order valence-electron chi connectivity index (χ0n) is 11.4. The van der Waals surface area contributed by atoms with Crippen LogP contribution in [0.3, 0.4) is 0 Å². The molecule has 18 heavy (non-hydrogen) atoms. The van der Waals surface area contributed by atoms with Crippen molar-refractivity contribution in [3.8, 4) is 0 Å². The molecule has 0 radical (unpaired) electrons. The number of aryl methyl sites for hydroxylation is 2. The minimum Gasteiger partial charge on any atom is -0.287 e.